The molecule has 2 heterocycles. The molecule has 0 N–H and O–H groups in total. The summed E-state index contributed by atoms with van der Waals surface area (Å²) in [4.78, 5) is 12.2. The van der Waals surface area contributed by atoms with Crippen LogP contribution in [0.25, 0.3) is 11.1 Å². The molecule has 4 nitrogen and oxygen atoms in total. The Hall–Kier alpha value is -2.75. The monoisotopic (exact) mass is 263 g/mol. The van der Waals surface area contributed by atoms with Gasteiger partial charge in [0.25, 0.3) is 0 Å². The van der Waals surface area contributed by atoms with E-state index in [2.05, 4.69) is 27.1 Å². The van der Waals surface area contributed by atoms with Crippen LogP contribution in [0.4, 0.5) is 0 Å². The van der Waals surface area contributed by atoms with Crippen LogP contribution in [-0.4, -0.2) is 15.0 Å². The Morgan fingerprint density at radius 2 is 1.60 bits per heavy atom. The average Bonchev–Trinajstić information content (AvgIpc) is 2.55. The van der Waals surface area contributed by atoms with Gasteiger partial charge in [-0.25, -0.2) is 9.97 Å². The SMILES string of the molecule is c1cnc(OCc2ccc(-c3cccnc3)cc2)nc1. The molecule has 0 radical (unpaired) electrons. The standard InChI is InChI=1S/C16H13N3O/c1-3-15(11-17-8-1)14-6-4-13(5-7-14)12-20-16-18-9-2-10-19-16/h1-11H,12H2. The molecule has 0 amide bonds. The van der Waals surface area contributed by atoms with Crippen LogP contribution in [0.3, 0.4) is 0 Å². The van der Waals surface area contributed by atoms with Crippen molar-refractivity contribution in [2.45, 2.75) is 6.61 Å². The predicted molar refractivity (Wildman–Crippen MR) is 76.0 cm³/mol. The number of hydrogen-bond acceptors (Lipinski definition) is 4. The first-order valence-corrected chi connectivity index (χ1v) is 6.31. The number of ether oxygens (including phenoxy) is 1. The Bertz CT molecular complexity index is 654. The number of benzene rings is 1. The summed E-state index contributed by atoms with van der Waals surface area (Å²) in [5.41, 5.74) is 3.31. The topological polar surface area (TPSA) is 47.9 Å². The molecule has 0 saturated heterocycles. The highest BCUT2D eigenvalue weighted by atomic mass is 16.5. The number of nitrogens with zero attached hydrogens (tertiary/aromatic N) is 3. The molecule has 0 bridgehead atoms. The molecule has 0 aliphatic heterocycles. The van der Waals surface area contributed by atoms with Crippen LogP contribution in [0.1, 0.15) is 5.56 Å². The first-order chi connectivity index (χ1) is 9.92. The van der Waals surface area contributed by atoms with Crippen LogP contribution in [0.15, 0.2) is 67.3 Å². The zero-order valence-corrected chi connectivity index (χ0v) is 10.8. The third-order valence-corrected chi connectivity index (χ3v) is 2.86. The van der Waals surface area contributed by atoms with E-state index in [0.29, 0.717) is 12.6 Å². The van der Waals surface area contributed by atoms with E-state index in [0.717, 1.165) is 16.7 Å². The van der Waals surface area contributed by atoms with E-state index in [1.54, 1.807) is 24.7 Å². The third kappa shape index (κ3) is 2.98. The van der Waals surface area contributed by atoms with Crippen LogP contribution in [-0.2, 0) is 6.61 Å². The fourth-order valence-electron chi connectivity index (χ4n) is 1.83. The summed E-state index contributed by atoms with van der Waals surface area (Å²) >= 11 is 0. The van der Waals surface area contributed by atoms with Gasteiger partial charge in [0.2, 0.25) is 0 Å². The molecule has 3 rings (SSSR count). The van der Waals surface area contributed by atoms with E-state index >= 15 is 0 Å². The van der Waals surface area contributed by atoms with Gasteiger partial charge in [0.1, 0.15) is 6.61 Å². The van der Waals surface area contributed by atoms with Gasteiger partial charge in [-0.15, -0.1) is 0 Å². The van der Waals surface area contributed by atoms with Crippen molar-refractivity contribution in [2.75, 3.05) is 0 Å². The number of hydrogen-bond donors (Lipinski definition) is 0. The molecule has 4 heteroatoms. The summed E-state index contributed by atoms with van der Waals surface area (Å²) < 4.78 is 5.50. The van der Waals surface area contributed by atoms with E-state index in [-0.39, 0.29) is 0 Å². The summed E-state index contributed by atoms with van der Waals surface area (Å²) in [5.74, 6) is 0. The maximum Gasteiger partial charge on any atom is 0.316 e. The zero-order chi connectivity index (χ0) is 13.6. The molecular formula is C16H13N3O. The summed E-state index contributed by atoms with van der Waals surface area (Å²) in [7, 11) is 0. The molecule has 98 valence electrons. The van der Waals surface area contributed by atoms with Gasteiger partial charge < -0.3 is 4.74 Å². The van der Waals surface area contributed by atoms with E-state index in [4.69, 9.17) is 4.74 Å². The largest absolute Gasteiger partial charge is 0.459 e. The molecule has 0 unspecified atom stereocenters. The molecule has 0 atom stereocenters. The predicted octanol–water partition coefficient (Wildman–Crippen LogP) is 3.12. The minimum absolute atomic E-state index is 0.392. The molecule has 20 heavy (non-hydrogen) atoms. The van der Waals surface area contributed by atoms with Gasteiger partial charge in [-0.2, -0.15) is 0 Å². The molecule has 0 saturated carbocycles. The molecule has 3 aromatic rings. The Balaban J connectivity index is 1.68. The second-order valence-electron chi connectivity index (χ2n) is 4.26. The van der Waals surface area contributed by atoms with Gasteiger partial charge in [-0.1, -0.05) is 30.3 Å². The lowest BCUT2D eigenvalue weighted by atomic mass is 10.1. The normalized spacial score (nSPS) is 10.2. The molecule has 2 aromatic heterocycles. The molecule has 0 aliphatic carbocycles. The highest BCUT2D eigenvalue weighted by molar-refractivity contribution is 5.62. The van der Waals surface area contributed by atoms with Gasteiger partial charge in [-0.3, -0.25) is 4.98 Å². The minimum Gasteiger partial charge on any atom is -0.459 e. The quantitative estimate of drug-likeness (QED) is 0.725. The van der Waals surface area contributed by atoms with Gasteiger partial charge in [0.05, 0.1) is 0 Å². The smallest absolute Gasteiger partial charge is 0.316 e. The summed E-state index contributed by atoms with van der Waals surface area (Å²) in [6, 6.07) is 14.3. The van der Waals surface area contributed by atoms with E-state index in [1.165, 1.54) is 0 Å². The Morgan fingerprint density at radius 3 is 2.30 bits per heavy atom. The van der Waals surface area contributed by atoms with Crippen molar-refractivity contribution in [1.29, 1.82) is 0 Å². The Morgan fingerprint density at radius 1 is 0.800 bits per heavy atom. The lowest BCUT2D eigenvalue weighted by Gasteiger charge is -2.05. The van der Waals surface area contributed by atoms with Crippen LogP contribution in [0, 0.1) is 0 Å². The zero-order valence-electron chi connectivity index (χ0n) is 10.8. The van der Waals surface area contributed by atoms with Gasteiger partial charge in [-0.05, 0) is 28.8 Å². The van der Waals surface area contributed by atoms with Crippen molar-refractivity contribution in [2.24, 2.45) is 0 Å². The van der Waals surface area contributed by atoms with Crippen molar-refractivity contribution in [3.05, 3.63) is 72.8 Å². The first-order valence-electron chi connectivity index (χ1n) is 6.31. The van der Waals surface area contributed by atoms with Crippen molar-refractivity contribution in [3.8, 4) is 17.1 Å². The second kappa shape index (κ2) is 5.93. The molecule has 1 aromatic carbocycles. The molecular weight excluding hydrogens is 250 g/mol. The van der Waals surface area contributed by atoms with Gasteiger partial charge in [0.15, 0.2) is 0 Å². The van der Waals surface area contributed by atoms with Crippen molar-refractivity contribution < 1.29 is 4.74 Å². The fraction of sp³-hybridized carbons (Fsp3) is 0.0625. The van der Waals surface area contributed by atoms with Crippen LogP contribution in [0.5, 0.6) is 6.01 Å². The van der Waals surface area contributed by atoms with Gasteiger partial charge in [0, 0.05) is 24.8 Å². The van der Waals surface area contributed by atoms with Crippen molar-refractivity contribution >= 4 is 0 Å². The summed E-state index contributed by atoms with van der Waals surface area (Å²) in [6.07, 6.45) is 6.94. The number of aromatic nitrogens is 3. The van der Waals surface area contributed by atoms with E-state index in [1.807, 2.05) is 30.5 Å². The second-order valence-corrected chi connectivity index (χ2v) is 4.26. The van der Waals surface area contributed by atoms with Crippen LogP contribution in [0.2, 0.25) is 0 Å². The highest BCUT2D eigenvalue weighted by Crippen LogP contribution is 2.18. The first kappa shape index (κ1) is 12.3. The summed E-state index contributed by atoms with van der Waals surface area (Å²) in [5, 5.41) is 0. The van der Waals surface area contributed by atoms with Gasteiger partial charge >= 0.3 is 6.01 Å². The maximum atomic E-state index is 5.50. The highest BCUT2D eigenvalue weighted by Gasteiger charge is 2.00. The molecule has 0 aliphatic rings. The van der Waals surface area contributed by atoms with E-state index in [9.17, 15) is 0 Å². The van der Waals surface area contributed by atoms with Crippen molar-refractivity contribution in [1.82, 2.24) is 15.0 Å². The lowest BCUT2D eigenvalue weighted by Crippen LogP contribution is -1.98. The van der Waals surface area contributed by atoms with Crippen molar-refractivity contribution in [3.63, 3.8) is 0 Å². The van der Waals surface area contributed by atoms with Crippen LogP contribution >= 0.6 is 0 Å². The maximum absolute atomic E-state index is 5.50. The lowest BCUT2D eigenvalue weighted by molar-refractivity contribution is 0.280. The van der Waals surface area contributed by atoms with E-state index < -0.39 is 0 Å². The fourth-order valence-corrected chi connectivity index (χ4v) is 1.83. The Kier molecular flexibility index (Phi) is 3.64. The van der Waals surface area contributed by atoms with Crippen LogP contribution < -0.4 is 4.74 Å². The molecule has 0 fully saturated rings. The average molecular weight is 263 g/mol. The Labute approximate surface area is 117 Å². The number of pyridine rings is 1. The third-order valence-electron chi connectivity index (χ3n) is 2.86. The molecule has 0 spiro atoms. The minimum atomic E-state index is 0.392. The summed E-state index contributed by atoms with van der Waals surface area (Å²) in [6.45, 7) is 0.456. The number of rotatable bonds is 4.